The van der Waals surface area contributed by atoms with Crippen LogP contribution in [0.5, 0.6) is 0 Å². The maximum atomic E-state index is 10.7. The van der Waals surface area contributed by atoms with Gasteiger partial charge in [-0.25, -0.2) is 4.79 Å². The minimum absolute atomic E-state index is 0.0480. The Kier molecular flexibility index (Phi) is 1.76. The number of ether oxygens (including phenoxy) is 1. The summed E-state index contributed by atoms with van der Waals surface area (Å²) in [7, 11) is 1.24. The molecule has 0 saturated carbocycles. The first-order chi connectivity index (χ1) is 4.75. The molecule has 1 N–H and O–H groups in total. The predicted molar refractivity (Wildman–Crippen MR) is 33.0 cm³/mol. The van der Waals surface area contributed by atoms with Crippen LogP contribution in [0.25, 0.3) is 0 Å². The van der Waals surface area contributed by atoms with Crippen molar-refractivity contribution in [2.24, 2.45) is 0 Å². The standard InChI is InChI=1S/C3H4N4O2S/c1-9-3(8)7-2(10)4-5-6-7/h1H3,(H,4,6,10). The minimum Gasteiger partial charge on any atom is -0.451 e. The number of tetrazole rings is 1. The number of nitrogens with zero attached hydrogens (tertiary/aromatic N) is 3. The molecule has 10 heavy (non-hydrogen) atoms. The number of carbonyl (C=O) groups excluding carboxylic acids is 1. The number of hydrogen-bond donors (Lipinski definition) is 1. The summed E-state index contributed by atoms with van der Waals surface area (Å²) < 4.78 is 5.28. The molecule has 0 atom stereocenters. The van der Waals surface area contributed by atoms with Gasteiger partial charge < -0.3 is 4.74 Å². The number of H-pyrrole nitrogens is 1. The Morgan fingerprint density at radius 2 is 2.60 bits per heavy atom. The van der Waals surface area contributed by atoms with E-state index in [-0.39, 0.29) is 4.77 Å². The van der Waals surface area contributed by atoms with Gasteiger partial charge in [-0.1, -0.05) is 10.3 Å². The van der Waals surface area contributed by atoms with Gasteiger partial charge in [0.05, 0.1) is 7.11 Å². The molecule has 0 unspecified atom stereocenters. The Hall–Kier alpha value is -1.24. The Morgan fingerprint density at radius 1 is 1.90 bits per heavy atom. The van der Waals surface area contributed by atoms with E-state index in [1.54, 1.807) is 0 Å². The predicted octanol–water partition coefficient (Wildman–Crippen LogP) is -0.0498. The van der Waals surface area contributed by atoms with Crippen molar-refractivity contribution in [2.75, 3.05) is 7.11 Å². The van der Waals surface area contributed by atoms with Crippen LogP contribution in [0, 0.1) is 4.77 Å². The monoisotopic (exact) mass is 160 g/mol. The van der Waals surface area contributed by atoms with E-state index in [0.29, 0.717) is 0 Å². The molecule has 0 bridgehead atoms. The smallest absolute Gasteiger partial charge is 0.436 e. The second-order valence-electron chi connectivity index (χ2n) is 1.39. The van der Waals surface area contributed by atoms with Gasteiger partial charge in [-0.15, -0.1) is 4.68 Å². The highest BCUT2D eigenvalue weighted by atomic mass is 32.1. The van der Waals surface area contributed by atoms with Crippen molar-refractivity contribution in [3.05, 3.63) is 4.77 Å². The SMILES string of the molecule is COC(=O)n1[nH]nnc1=S. The van der Waals surface area contributed by atoms with Crippen LogP contribution < -0.4 is 0 Å². The fourth-order valence-corrected chi connectivity index (χ4v) is 0.564. The number of aromatic nitrogens is 4. The van der Waals surface area contributed by atoms with Crippen molar-refractivity contribution in [3.8, 4) is 0 Å². The van der Waals surface area contributed by atoms with E-state index in [1.807, 2.05) is 0 Å². The van der Waals surface area contributed by atoms with Crippen LogP contribution >= 0.6 is 12.2 Å². The molecule has 0 radical (unpaired) electrons. The summed E-state index contributed by atoms with van der Waals surface area (Å²) >= 11 is 4.59. The fraction of sp³-hybridized carbons (Fsp3) is 0.333. The topological polar surface area (TPSA) is 72.8 Å². The maximum absolute atomic E-state index is 10.7. The van der Waals surface area contributed by atoms with Gasteiger partial charge in [0, 0.05) is 0 Å². The number of carbonyl (C=O) groups is 1. The molecule has 0 amide bonds. The molecule has 0 fully saturated rings. The zero-order valence-electron chi connectivity index (χ0n) is 5.07. The van der Waals surface area contributed by atoms with Crippen LogP contribution in [0.1, 0.15) is 0 Å². The van der Waals surface area contributed by atoms with Gasteiger partial charge in [0.1, 0.15) is 0 Å². The van der Waals surface area contributed by atoms with E-state index >= 15 is 0 Å². The van der Waals surface area contributed by atoms with Gasteiger partial charge in [0.25, 0.3) is 0 Å². The first-order valence-electron chi connectivity index (χ1n) is 2.34. The van der Waals surface area contributed by atoms with E-state index in [2.05, 4.69) is 32.5 Å². The molecule has 0 saturated heterocycles. The number of nitrogens with one attached hydrogen (secondary N) is 1. The third-order valence-corrected chi connectivity index (χ3v) is 1.09. The third kappa shape index (κ3) is 1.03. The summed E-state index contributed by atoms with van der Waals surface area (Å²) in [6.07, 6.45) is -0.630. The van der Waals surface area contributed by atoms with Crippen LogP contribution in [0.15, 0.2) is 0 Å². The average molecular weight is 160 g/mol. The Bertz CT molecular complexity index is 289. The molecule has 1 aromatic heterocycles. The molecule has 1 heterocycles. The fourth-order valence-electron chi connectivity index (χ4n) is 0.408. The highest BCUT2D eigenvalue weighted by molar-refractivity contribution is 7.71. The van der Waals surface area contributed by atoms with E-state index in [4.69, 9.17) is 0 Å². The molecular formula is C3H4N4O2S. The van der Waals surface area contributed by atoms with E-state index in [9.17, 15) is 4.79 Å². The highest BCUT2D eigenvalue weighted by Gasteiger charge is 2.04. The van der Waals surface area contributed by atoms with Crippen molar-refractivity contribution in [2.45, 2.75) is 0 Å². The lowest BCUT2D eigenvalue weighted by molar-refractivity contribution is 0.168. The van der Waals surface area contributed by atoms with Gasteiger partial charge in [-0.05, 0) is 12.2 Å². The lowest BCUT2D eigenvalue weighted by Crippen LogP contribution is -2.13. The molecule has 1 aromatic rings. The summed E-state index contributed by atoms with van der Waals surface area (Å²) in [5.74, 6) is 0. The molecule has 7 heteroatoms. The zero-order chi connectivity index (χ0) is 7.56. The summed E-state index contributed by atoms with van der Waals surface area (Å²) in [6.45, 7) is 0. The molecule has 0 aliphatic heterocycles. The largest absolute Gasteiger partial charge is 0.451 e. The van der Waals surface area contributed by atoms with Crippen LogP contribution in [-0.2, 0) is 4.74 Å². The Morgan fingerprint density at radius 3 is 3.00 bits per heavy atom. The first kappa shape index (κ1) is 6.87. The van der Waals surface area contributed by atoms with Gasteiger partial charge in [-0.3, -0.25) is 0 Å². The van der Waals surface area contributed by atoms with Crippen molar-refractivity contribution >= 4 is 18.3 Å². The second-order valence-corrected chi connectivity index (χ2v) is 1.75. The van der Waals surface area contributed by atoms with Crippen molar-refractivity contribution in [1.29, 1.82) is 0 Å². The molecule has 1 rings (SSSR count). The quantitative estimate of drug-likeness (QED) is 0.425. The summed E-state index contributed by atoms with van der Waals surface area (Å²) in [4.78, 5) is 10.7. The Labute approximate surface area is 60.8 Å². The highest BCUT2D eigenvalue weighted by Crippen LogP contribution is 1.84. The molecule has 6 nitrogen and oxygen atoms in total. The molecule has 0 aliphatic carbocycles. The van der Waals surface area contributed by atoms with Crippen molar-refractivity contribution < 1.29 is 9.53 Å². The normalized spacial score (nSPS) is 9.30. The second kappa shape index (κ2) is 2.56. The lowest BCUT2D eigenvalue weighted by atomic mass is 11.1. The zero-order valence-corrected chi connectivity index (χ0v) is 5.88. The maximum Gasteiger partial charge on any atom is 0.436 e. The summed E-state index contributed by atoms with van der Waals surface area (Å²) in [5, 5.41) is 8.86. The number of aromatic amines is 1. The van der Waals surface area contributed by atoms with Crippen molar-refractivity contribution in [1.82, 2.24) is 20.2 Å². The third-order valence-electron chi connectivity index (χ3n) is 0.829. The van der Waals surface area contributed by atoms with Crippen molar-refractivity contribution in [3.63, 3.8) is 0 Å². The van der Waals surface area contributed by atoms with Crippen LogP contribution in [0.2, 0.25) is 0 Å². The molecule has 0 aliphatic rings. The van der Waals surface area contributed by atoms with E-state index in [0.717, 1.165) is 4.68 Å². The van der Waals surface area contributed by atoms with Gasteiger partial charge in [0.2, 0.25) is 4.77 Å². The number of methoxy groups -OCH3 is 1. The number of hydrogen-bond acceptors (Lipinski definition) is 5. The van der Waals surface area contributed by atoms with Crippen LogP contribution in [-0.4, -0.2) is 33.4 Å². The Balaban J connectivity index is 3.05. The summed E-state index contributed by atoms with van der Waals surface area (Å²) in [6, 6.07) is 0. The van der Waals surface area contributed by atoms with E-state index in [1.165, 1.54) is 7.11 Å². The van der Waals surface area contributed by atoms with Gasteiger partial charge >= 0.3 is 6.09 Å². The first-order valence-corrected chi connectivity index (χ1v) is 2.75. The molecule has 0 spiro atoms. The minimum atomic E-state index is -0.630. The number of rotatable bonds is 0. The van der Waals surface area contributed by atoms with Crippen LogP contribution in [0.3, 0.4) is 0 Å². The molecule has 54 valence electrons. The van der Waals surface area contributed by atoms with Gasteiger partial charge in [0.15, 0.2) is 0 Å². The summed E-state index contributed by atoms with van der Waals surface area (Å²) in [5.41, 5.74) is 0. The molecular weight excluding hydrogens is 156 g/mol. The van der Waals surface area contributed by atoms with Gasteiger partial charge in [-0.2, -0.15) is 5.21 Å². The molecule has 0 aromatic carbocycles. The van der Waals surface area contributed by atoms with E-state index < -0.39 is 6.09 Å². The lowest BCUT2D eigenvalue weighted by Gasteiger charge is -1.93. The average Bonchev–Trinajstić information content (AvgIpc) is 2.34. The van der Waals surface area contributed by atoms with Crippen LogP contribution in [0.4, 0.5) is 4.79 Å².